The van der Waals surface area contributed by atoms with Crippen LogP contribution in [0.2, 0.25) is 0 Å². The third-order valence-electron chi connectivity index (χ3n) is 4.46. The summed E-state index contributed by atoms with van der Waals surface area (Å²) in [4.78, 5) is 26.3. The van der Waals surface area contributed by atoms with Crippen LogP contribution in [-0.2, 0) is 11.3 Å². The van der Waals surface area contributed by atoms with Gasteiger partial charge in [0.05, 0.1) is 0 Å². The van der Waals surface area contributed by atoms with E-state index in [1.165, 1.54) is 24.3 Å². The van der Waals surface area contributed by atoms with Gasteiger partial charge in [0.25, 0.3) is 0 Å². The number of amides is 1. The van der Waals surface area contributed by atoms with E-state index in [4.69, 9.17) is 4.42 Å². The number of hydrogen-bond donors (Lipinski definition) is 0. The van der Waals surface area contributed by atoms with Crippen molar-refractivity contribution in [3.8, 4) is 11.5 Å². The van der Waals surface area contributed by atoms with Crippen LogP contribution in [0.15, 0.2) is 33.5 Å². The predicted octanol–water partition coefficient (Wildman–Crippen LogP) is 2.43. The van der Waals surface area contributed by atoms with E-state index >= 15 is 0 Å². The van der Waals surface area contributed by atoms with E-state index in [2.05, 4.69) is 5.10 Å². The number of likely N-dealkylation sites (tertiary alicyclic amines) is 1. The molecule has 6 nitrogen and oxygen atoms in total. The van der Waals surface area contributed by atoms with Gasteiger partial charge in [-0.3, -0.25) is 4.79 Å². The third-order valence-corrected chi connectivity index (χ3v) is 4.46. The summed E-state index contributed by atoms with van der Waals surface area (Å²) in [7, 11) is 0. The molecule has 0 unspecified atom stereocenters. The van der Waals surface area contributed by atoms with Gasteiger partial charge < -0.3 is 9.32 Å². The molecule has 0 saturated carbocycles. The van der Waals surface area contributed by atoms with Crippen molar-refractivity contribution >= 4 is 5.91 Å². The molecule has 0 bridgehead atoms. The average molecular weight is 333 g/mol. The molecule has 0 radical (unpaired) electrons. The van der Waals surface area contributed by atoms with E-state index in [9.17, 15) is 14.0 Å². The van der Waals surface area contributed by atoms with Gasteiger partial charge in [0.2, 0.25) is 11.8 Å². The van der Waals surface area contributed by atoms with Crippen molar-refractivity contribution in [3.05, 3.63) is 40.6 Å². The van der Waals surface area contributed by atoms with Crippen LogP contribution in [0.4, 0.5) is 4.39 Å². The van der Waals surface area contributed by atoms with Crippen LogP contribution in [0.5, 0.6) is 0 Å². The van der Waals surface area contributed by atoms with Gasteiger partial charge in [-0.15, -0.1) is 5.10 Å². The fraction of sp³-hybridized carbons (Fsp3) is 0.471. The van der Waals surface area contributed by atoms with Gasteiger partial charge in [-0.25, -0.2) is 9.18 Å². The number of halogens is 1. The quantitative estimate of drug-likeness (QED) is 0.865. The number of aromatic nitrogens is 2. The maximum absolute atomic E-state index is 13.0. The van der Waals surface area contributed by atoms with Crippen molar-refractivity contribution < 1.29 is 13.6 Å². The van der Waals surface area contributed by atoms with Gasteiger partial charge in [-0.05, 0) is 57.4 Å². The molecule has 2 aromatic rings. The first-order valence-electron chi connectivity index (χ1n) is 8.11. The van der Waals surface area contributed by atoms with Crippen LogP contribution in [0, 0.1) is 5.82 Å². The minimum absolute atomic E-state index is 0.0764. The average Bonchev–Trinajstić information content (AvgIpc) is 2.89. The van der Waals surface area contributed by atoms with E-state index in [1.807, 2.05) is 18.7 Å². The Morgan fingerprint density at radius 1 is 1.25 bits per heavy atom. The highest BCUT2D eigenvalue weighted by molar-refractivity contribution is 5.76. The first-order valence-corrected chi connectivity index (χ1v) is 8.11. The van der Waals surface area contributed by atoms with Crippen LogP contribution in [-0.4, -0.2) is 32.7 Å². The molecule has 7 heteroatoms. The lowest BCUT2D eigenvalue weighted by Crippen LogP contribution is -2.49. The Morgan fingerprint density at radius 3 is 2.50 bits per heavy atom. The van der Waals surface area contributed by atoms with Gasteiger partial charge in [0, 0.05) is 17.6 Å². The molecule has 1 saturated heterocycles. The van der Waals surface area contributed by atoms with Gasteiger partial charge >= 0.3 is 5.76 Å². The zero-order chi connectivity index (χ0) is 17.3. The topological polar surface area (TPSA) is 68.3 Å². The minimum Gasteiger partial charge on any atom is -0.388 e. The highest BCUT2D eigenvalue weighted by Crippen LogP contribution is 2.23. The SMILES string of the molecule is C[C@@H]1CCC[C@@H](C)N1C(=O)Cn1nc(-c2ccc(F)cc2)oc1=O. The van der Waals surface area contributed by atoms with Crippen molar-refractivity contribution in [2.24, 2.45) is 0 Å². The number of rotatable bonds is 3. The molecule has 1 aliphatic heterocycles. The second-order valence-corrected chi connectivity index (χ2v) is 6.27. The highest BCUT2D eigenvalue weighted by Gasteiger charge is 2.29. The molecule has 1 aromatic carbocycles. The predicted molar refractivity (Wildman–Crippen MR) is 85.8 cm³/mol. The zero-order valence-corrected chi connectivity index (χ0v) is 13.7. The van der Waals surface area contributed by atoms with Crippen LogP contribution in [0.3, 0.4) is 0 Å². The van der Waals surface area contributed by atoms with Crippen LogP contribution >= 0.6 is 0 Å². The van der Waals surface area contributed by atoms with E-state index < -0.39 is 5.76 Å². The molecule has 24 heavy (non-hydrogen) atoms. The van der Waals surface area contributed by atoms with Gasteiger partial charge in [-0.1, -0.05) is 0 Å². The lowest BCUT2D eigenvalue weighted by atomic mass is 9.97. The molecule has 0 N–H and O–H groups in total. The monoisotopic (exact) mass is 333 g/mol. The third kappa shape index (κ3) is 3.25. The standard InChI is InChI=1S/C17H20FN3O3/c1-11-4-3-5-12(2)21(11)15(22)10-20-17(23)24-16(19-20)13-6-8-14(18)9-7-13/h6-9,11-12H,3-5,10H2,1-2H3/t11-,12-/m1/s1. The molecule has 1 amide bonds. The molecule has 128 valence electrons. The number of carbonyl (C=O) groups is 1. The van der Waals surface area contributed by atoms with Crippen molar-refractivity contribution in [2.45, 2.75) is 51.7 Å². The number of piperidine rings is 1. The summed E-state index contributed by atoms with van der Waals surface area (Å²) < 4.78 is 19.1. The van der Waals surface area contributed by atoms with Gasteiger partial charge in [0.15, 0.2) is 0 Å². The summed E-state index contributed by atoms with van der Waals surface area (Å²) in [6.07, 6.45) is 3.03. The second kappa shape index (κ2) is 6.59. The summed E-state index contributed by atoms with van der Waals surface area (Å²) in [6.45, 7) is 3.88. The van der Waals surface area contributed by atoms with Crippen LogP contribution < -0.4 is 5.76 Å². The number of hydrogen-bond acceptors (Lipinski definition) is 4. The molecule has 1 aromatic heterocycles. The largest absolute Gasteiger partial charge is 0.437 e. The van der Waals surface area contributed by atoms with Crippen molar-refractivity contribution in [1.82, 2.24) is 14.7 Å². The Labute approximate surface area is 138 Å². The summed E-state index contributed by atoms with van der Waals surface area (Å²) >= 11 is 0. The Bertz CT molecular complexity index is 771. The maximum Gasteiger partial charge on any atom is 0.437 e. The zero-order valence-electron chi connectivity index (χ0n) is 13.7. The Morgan fingerprint density at radius 2 is 1.88 bits per heavy atom. The van der Waals surface area contributed by atoms with Crippen LogP contribution in [0.25, 0.3) is 11.5 Å². The van der Waals surface area contributed by atoms with Gasteiger partial charge in [-0.2, -0.15) is 4.68 Å². The molecule has 2 heterocycles. The molecule has 1 fully saturated rings. The van der Waals surface area contributed by atoms with Crippen molar-refractivity contribution in [1.29, 1.82) is 0 Å². The van der Waals surface area contributed by atoms with E-state index in [-0.39, 0.29) is 36.2 Å². The first kappa shape index (κ1) is 16.4. The lowest BCUT2D eigenvalue weighted by molar-refractivity contribution is -0.138. The van der Waals surface area contributed by atoms with Crippen LogP contribution in [0.1, 0.15) is 33.1 Å². The number of nitrogens with zero attached hydrogens (tertiary/aromatic N) is 3. The van der Waals surface area contributed by atoms with Gasteiger partial charge in [0.1, 0.15) is 12.4 Å². The van der Waals surface area contributed by atoms with E-state index in [0.717, 1.165) is 23.9 Å². The number of carbonyl (C=O) groups excluding carboxylic acids is 1. The summed E-state index contributed by atoms with van der Waals surface area (Å²) in [5.74, 6) is -1.15. The molecule has 2 atom stereocenters. The first-order chi connectivity index (χ1) is 11.5. The smallest absolute Gasteiger partial charge is 0.388 e. The number of benzene rings is 1. The fourth-order valence-electron chi connectivity index (χ4n) is 3.24. The van der Waals surface area contributed by atoms with Crippen molar-refractivity contribution in [2.75, 3.05) is 0 Å². The molecule has 0 spiro atoms. The molecule has 3 rings (SSSR count). The van der Waals surface area contributed by atoms with E-state index in [0.29, 0.717) is 5.56 Å². The second-order valence-electron chi connectivity index (χ2n) is 6.27. The summed E-state index contributed by atoms with van der Waals surface area (Å²) in [6, 6.07) is 5.77. The lowest BCUT2D eigenvalue weighted by Gasteiger charge is -2.38. The molecule has 0 aliphatic carbocycles. The molecular formula is C17H20FN3O3. The normalized spacial score (nSPS) is 21.0. The molecule has 1 aliphatic rings. The maximum atomic E-state index is 13.0. The summed E-state index contributed by atoms with van der Waals surface area (Å²) in [5, 5.41) is 4.06. The minimum atomic E-state index is -0.694. The highest BCUT2D eigenvalue weighted by atomic mass is 19.1. The van der Waals surface area contributed by atoms with E-state index in [1.54, 1.807) is 0 Å². The Balaban J connectivity index is 1.79. The molecular weight excluding hydrogens is 313 g/mol. The summed E-state index contributed by atoms with van der Waals surface area (Å²) in [5.41, 5.74) is 0.486. The Hall–Kier alpha value is -2.44. The van der Waals surface area contributed by atoms with Crippen molar-refractivity contribution in [3.63, 3.8) is 0 Å². The fourth-order valence-corrected chi connectivity index (χ4v) is 3.24. The Kier molecular flexibility index (Phi) is 4.51.